The van der Waals surface area contributed by atoms with Gasteiger partial charge in [0.2, 0.25) is 10.0 Å². The molecule has 118 valence electrons. The third kappa shape index (κ3) is 4.03. The second kappa shape index (κ2) is 6.43. The second-order valence-electron chi connectivity index (χ2n) is 5.05. The minimum absolute atomic E-state index is 0.0339. The van der Waals surface area contributed by atoms with E-state index < -0.39 is 19.9 Å². The lowest BCUT2D eigenvalue weighted by Gasteiger charge is -2.26. The van der Waals surface area contributed by atoms with Crippen molar-refractivity contribution >= 4 is 19.9 Å². The van der Waals surface area contributed by atoms with Gasteiger partial charge in [0.1, 0.15) is 0 Å². The van der Waals surface area contributed by atoms with Gasteiger partial charge in [-0.15, -0.1) is 0 Å². The summed E-state index contributed by atoms with van der Waals surface area (Å²) in [4.78, 5) is 0.218. The van der Waals surface area contributed by atoms with Gasteiger partial charge in [-0.2, -0.15) is 4.31 Å². The van der Waals surface area contributed by atoms with E-state index in [9.17, 15) is 16.8 Å². The molecule has 1 fully saturated rings. The van der Waals surface area contributed by atoms with Crippen molar-refractivity contribution < 1.29 is 16.8 Å². The number of nitrogens with one attached hydrogen (secondary N) is 1. The van der Waals surface area contributed by atoms with E-state index >= 15 is 0 Å². The largest absolute Gasteiger partial charge is 0.319 e. The molecule has 1 aliphatic rings. The molecule has 1 heterocycles. The molecule has 21 heavy (non-hydrogen) atoms. The Morgan fingerprint density at radius 2 is 1.71 bits per heavy atom. The number of rotatable bonds is 5. The number of hydrogen-bond acceptors (Lipinski definition) is 5. The summed E-state index contributed by atoms with van der Waals surface area (Å²) in [6.45, 7) is 0.897. The fourth-order valence-corrected chi connectivity index (χ4v) is 5.06. The van der Waals surface area contributed by atoms with Crippen LogP contribution in [0, 0.1) is 0 Å². The van der Waals surface area contributed by atoms with Crippen molar-refractivity contribution in [2.45, 2.75) is 11.3 Å². The Bertz CT molecular complexity index is 667. The standard InChI is InChI=1S/C13H20N2O4S2/c1-14-7-6-12-2-4-13(5-3-12)21(18,19)15-8-10-20(16,17)11-9-15/h2-5,14H,6-11H2,1H3. The molecule has 0 aromatic heterocycles. The lowest BCUT2D eigenvalue weighted by Crippen LogP contribution is -2.43. The molecule has 0 spiro atoms. The number of likely N-dealkylation sites (N-methyl/N-ethyl adjacent to an activating group) is 1. The van der Waals surface area contributed by atoms with Gasteiger partial charge in [0.15, 0.2) is 9.84 Å². The molecule has 1 saturated heterocycles. The monoisotopic (exact) mass is 332 g/mol. The fraction of sp³-hybridized carbons (Fsp3) is 0.538. The predicted molar refractivity (Wildman–Crippen MR) is 81.5 cm³/mol. The first-order valence-electron chi connectivity index (χ1n) is 6.79. The lowest BCUT2D eigenvalue weighted by molar-refractivity contribution is 0.431. The minimum atomic E-state index is -3.60. The minimum Gasteiger partial charge on any atom is -0.319 e. The van der Waals surface area contributed by atoms with Gasteiger partial charge in [-0.25, -0.2) is 16.8 Å². The molecule has 0 bridgehead atoms. The molecule has 1 aromatic rings. The molecule has 0 saturated carbocycles. The molecule has 1 aliphatic heterocycles. The van der Waals surface area contributed by atoms with Gasteiger partial charge in [-0.1, -0.05) is 12.1 Å². The van der Waals surface area contributed by atoms with E-state index in [4.69, 9.17) is 0 Å². The molecule has 6 nitrogen and oxygen atoms in total. The Kier molecular flexibility index (Phi) is 5.03. The van der Waals surface area contributed by atoms with E-state index in [1.54, 1.807) is 24.3 Å². The van der Waals surface area contributed by atoms with E-state index in [1.165, 1.54) is 4.31 Å². The molecule has 0 atom stereocenters. The van der Waals surface area contributed by atoms with Crippen molar-refractivity contribution in [2.24, 2.45) is 0 Å². The number of benzene rings is 1. The van der Waals surface area contributed by atoms with Crippen LogP contribution in [0.25, 0.3) is 0 Å². The molecule has 0 amide bonds. The van der Waals surface area contributed by atoms with Gasteiger partial charge < -0.3 is 5.32 Å². The Morgan fingerprint density at radius 1 is 1.14 bits per heavy atom. The van der Waals surface area contributed by atoms with Crippen LogP contribution < -0.4 is 5.32 Å². The first kappa shape index (κ1) is 16.4. The zero-order chi connectivity index (χ0) is 15.5. The van der Waals surface area contributed by atoms with Crippen molar-refractivity contribution in [1.29, 1.82) is 0 Å². The van der Waals surface area contributed by atoms with Crippen LogP contribution in [0.15, 0.2) is 29.2 Å². The lowest BCUT2D eigenvalue weighted by atomic mass is 10.1. The van der Waals surface area contributed by atoms with Gasteiger partial charge in [-0.3, -0.25) is 0 Å². The van der Waals surface area contributed by atoms with Crippen LogP contribution in [0.1, 0.15) is 5.56 Å². The van der Waals surface area contributed by atoms with Crippen molar-refractivity contribution in [1.82, 2.24) is 9.62 Å². The van der Waals surface area contributed by atoms with Gasteiger partial charge in [0, 0.05) is 13.1 Å². The SMILES string of the molecule is CNCCc1ccc(S(=O)(=O)N2CCS(=O)(=O)CC2)cc1. The second-order valence-corrected chi connectivity index (χ2v) is 9.29. The van der Waals surface area contributed by atoms with E-state index in [-0.39, 0.29) is 29.5 Å². The molecule has 1 N–H and O–H groups in total. The Balaban J connectivity index is 2.12. The smallest absolute Gasteiger partial charge is 0.243 e. The van der Waals surface area contributed by atoms with E-state index in [2.05, 4.69) is 5.32 Å². The van der Waals surface area contributed by atoms with Crippen LogP contribution in [0.5, 0.6) is 0 Å². The molecular weight excluding hydrogens is 312 g/mol. The van der Waals surface area contributed by atoms with Crippen LogP contribution in [-0.4, -0.2) is 59.3 Å². The first-order valence-corrected chi connectivity index (χ1v) is 10.1. The maximum Gasteiger partial charge on any atom is 0.243 e. The molecular formula is C13H20N2O4S2. The van der Waals surface area contributed by atoms with Crippen LogP contribution in [-0.2, 0) is 26.3 Å². The quantitative estimate of drug-likeness (QED) is 0.812. The van der Waals surface area contributed by atoms with Crippen molar-refractivity contribution in [3.05, 3.63) is 29.8 Å². The van der Waals surface area contributed by atoms with E-state index in [0.29, 0.717) is 0 Å². The molecule has 0 unspecified atom stereocenters. The highest BCUT2D eigenvalue weighted by atomic mass is 32.2. The molecule has 8 heteroatoms. The van der Waals surface area contributed by atoms with Crippen LogP contribution in [0.4, 0.5) is 0 Å². The summed E-state index contributed by atoms with van der Waals surface area (Å²) >= 11 is 0. The molecule has 0 aliphatic carbocycles. The number of hydrogen-bond donors (Lipinski definition) is 1. The third-order valence-electron chi connectivity index (χ3n) is 3.53. The predicted octanol–water partition coefficient (Wildman–Crippen LogP) is -0.132. The number of sulfonamides is 1. The normalized spacial score (nSPS) is 19.5. The highest BCUT2D eigenvalue weighted by Crippen LogP contribution is 2.19. The maximum atomic E-state index is 12.4. The summed E-state index contributed by atoms with van der Waals surface area (Å²) in [6.07, 6.45) is 0.832. The summed E-state index contributed by atoms with van der Waals surface area (Å²) in [5.41, 5.74) is 1.06. The van der Waals surface area contributed by atoms with E-state index in [0.717, 1.165) is 18.5 Å². The van der Waals surface area contributed by atoms with E-state index in [1.807, 2.05) is 7.05 Å². The van der Waals surface area contributed by atoms with Crippen LogP contribution >= 0.6 is 0 Å². The maximum absolute atomic E-state index is 12.4. The highest BCUT2D eigenvalue weighted by molar-refractivity contribution is 7.92. The number of sulfone groups is 1. The zero-order valence-corrected chi connectivity index (χ0v) is 13.6. The summed E-state index contributed by atoms with van der Waals surface area (Å²) in [6, 6.07) is 6.77. The van der Waals surface area contributed by atoms with Crippen LogP contribution in [0.3, 0.4) is 0 Å². The summed E-state index contributed by atoms with van der Waals surface area (Å²) < 4.78 is 48.9. The summed E-state index contributed by atoms with van der Waals surface area (Å²) in [7, 11) is -4.82. The van der Waals surface area contributed by atoms with Crippen molar-refractivity contribution in [2.75, 3.05) is 38.2 Å². The molecule has 0 radical (unpaired) electrons. The van der Waals surface area contributed by atoms with Crippen LogP contribution in [0.2, 0.25) is 0 Å². The highest BCUT2D eigenvalue weighted by Gasteiger charge is 2.30. The zero-order valence-electron chi connectivity index (χ0n) is 11.9. The van der Waals surface area contributed by atoms with Gasteiger partial charge in [0.05, 0.1) is 16.4 Å². The average Bonchev–Trinajstić information content (AvgIpc) is 2.45. The Hall–Kier alpha value is -0.960. The van der Waals surface area contributed by atoms with Crippen molar-refractivity contribution in [3.63, 3.8) is 0 Å². The fourth-order valence-electron chi connectivity index (χ4n) is 2.18. The summed E-state index contributed by atoms with van der Waals surface area (Å²) in [5.74, 6) is -0.209. The topological polar surface area (TPSA) is 83.6 Å². The third-order valence-corrected chi connectivity index (χ3v) is 7.05. The molecule has 1 aromatic carbocycles. The van der Waals surface area contributed by atoms with Gasteiger partial charge in [0.25, 0.3) is 0 Å². The van der Waals surface area contributed by atoms with Gasteiger partial charge in [-0.05, 0) is 37.7 Å². The Labute approximate surface area is 126 Å². The molecule has 2 rings (SSSR count). The first-order chi connectivity index (χ1) is 9.85. The number of nitrogens with zero attached hydrogens (tertiary/aromatic N) is 1. The van der Waals surface area contributed by atoms with Crippen molar-refractivity contribution in [3.8, 4) is 0 Å². The average molecular weight is 332 g/mol. The summed E-state index contributed by atoms with van der Waals surface area (Å²) in [5, 5.41) is 3.04. The Morgan fingerprint density at radius 3 is 2.24 bits per heavy atom. The van der Waals surface area contributed by atoms with Gasteiger partial charge >= 0.3 is 0 Å².